The van der Waals surface area contributed by atoms with Gasteiger partial charge in [0.25, 0.3) is 0 Å². The average Bonchev–Trinajstić information content (AvgIpc) is 2.97. The Labute approximate surface area is 132 Å². The fraction of sp³-hybridized carbons (Fsp3) is 0.385. The molecule has 108 valence electrons. The summed E-state index contributed by atoms with van der Waals surface area (Å²) in [6, 6.07) is 4.15. The molecule has 20 heavy (non-hydrogen) atoms. The summed E-state index contributed by atoms with van der Waals surface area (Å²) >= 11 is 1.65. The van der Waals surface area contributed by atoms with Gasteiger partial charge in [-0.1, -0.05) is 11.3 Å². The molecule has 5 nitrogen and oxygen atoms in total. The van der Waals surface area contributed by atoms with Crippen LogP contribution in [0.15, 0.2) is 24.5 Å². The highest BCUT2D eigenvalue weighted by Crippen LogP contribution is 2.30. The molecule has 3 heterocycles. The first-order valence-electron chi connectivity index (χ1n) is 6.29. The maximum absolute atomic E-state index is 5.37. The van der Waals surface area contributed by atoms with Crippen LogP contribution in [0, 0.1) is 0 Å². The lowest BCUT2D eigenvalue weighted by Gasteiger charge is -2.27. The van der Waals surface area contributed by atoms with Crippen molar-refractivity contribution in [3.63, 3.8) is 0 Å². The van der Waals surface area contributed by atoms with Crippen LogP contribution in [-0.2, 0) is 4.74 Å². The first-order valence-corrected chi connectivity index (χ1v) is 7.11. The number of thiazole rings is 1. The third-order valence-corrected chi connectivity index (χ3v) is 4.15. The third kappa shape index (κ3) is 3.28. The fourth-order valence-electron chi connectivity index (χ4n) is 2.06. The van der Waals surface area contributed by atoms with E-state index >= 15 is 0 Å². The number of nitrogens with one attached hydrogen (secondary N) is 1. The number of halogens is 1. The molecule has 0 radical (unpaired) electrons. The molecule has 3 rings (SSSR count). The number of hydrogen-bond donors (Lipinski definition) is 1. The Morgan fingerprint density at radius 2 is 2.10 bits per heavy atom. The van der Waals surface area contributed by atoms with E-state index in [9.17, 15) is 0 Å². The van der Waals surface area contributed by atoms with Crippen LogP contribution in [0.5, 0.6) is 0 Å². The molecule has 2 aromatic rings. The van der Waals surface area contributed by atoms with Crippen molar-refractivity contribution in [3.05, 3.63) is 24.5 Å². The second-order valence-electron chi connectivity index (χ2n) is 4.28. The van der Waals surface area contributed by atoms with Gasteiger partial charge in [-0.25, -0.2) is 9.97 Å². The molecule has 0 unspecified atom stereocenters. The lowest BCUT2D eigenvalue weighted by molar-refractivity contribution is 0.122. The van der Waals surface area contributed by atoms with Gasteiger partial charge in [-0.05, 0) is 17.7 Å². The topological polar surface area (TPSA) is 50.3 Å². The highest BCUT2D eigenvalue weighted by Gasteiger charge is 2.13. The number of pyridine rings is 1. The van der Waals surface area contributed by atoms with E-state index in [1.165, 1.54) is 0 Å². The van der Waals surface area contributed by atoms with Crippen molar-refractivity contribution < 1.29 is 4.74 Å². The van der Waals surface area contributed by atoms with Crippen LogP contribution in [-0.4, -0.2) is 43.3 Å². The minimum atomic E-state index is 0. The van der Waals surface area contributed by atoms with E-state index in [1.54, 1.807) is 11.3 Å². The minimum absolute atomic E-state index is 0. The van der Waals surface area contributed by atoms with Gasteiger partial charge in [0, 0.05) is 32.5 Å². The number of aromatic nitrogens is 2. The second-order valence-corrected chi connectivity index (χ2v) is 5.31. The maximum atomic E-state index is 5.37. The van der Waals surface area contributed by atoms with Crippen molar-refractivity contribution in [3.8, 4) is 10.4 Å². The second kappa shape index (κ2) is 7.01. The Morgan fingerprint density at radius 3 is 2.80 bits per heavy atom. The lowest BCUT2D eigenvalue weighted by Crippen LogP contribution is -2.36. The molecule has 1 saturated heterocycles. The molecule has 1 N–H and O–H groups in total. The fourth-order valence-corrected chi connectivity index (χ4v) is 2.83. The normalized spacial score (nSPS) is 14.8. The van der Waals surface area contributed by atoms with Gasteiger partial charge in [0.15, 0.2) is 5.13 Å². The molecular weight excluding hydrogens is 340 g/mol. The van der Waals surface area contributed by atoms with Crippen LogP contribution in [0.1, 0.15) is 0 Å². The van der Waals surface area contributed by atoms with Crippen molar-refractivity contribution in [1.82, 2.24) is 9.97 Å². The van der Waals surface area contributed by atoms with Crippen LogP contribution in [0.25, 0.3) is 10.4 Å². The van der Waals surface area contributed by atoms with Crippen LogP contribution < -0.4 is 10.2 Å². The molecule has 0 bridgehead atoms. The van der Waals surface area contributed by atoms with Crippen LogP contribution in [0.4, 0.5) is 10.9 Å². The van der Waals surface area contributed by atoms with Gasteiger partial charge in [-0.3, -0.25) is 0 Å². The van der Waals surface area contributed by atoms with Gasteiger partial charge < -0.3 is 15.0 Å². The summed E-state index contributed by atoms with van der Waals surface area (Å²) in [4.78, 5) is 12.2. The molecule has 0 saturated carbocycles. The first kappa shape index (κ1) is 15.2. The Morgan fingerprint density at radius 1 is 1.30 bits per heavy atom. The molecule has 0 atom stereocenters. The molecule has 1 aliphatic heterocycles. The minimum Gasteiger partial charge on any atom is -0.378 e. The van der Waals surface area contributed by atoms with E-state index in [0.29, 0.717) is 0 Å². The zero-order valence-corrected chi connectivity index (χ0v) is 13.7. The van der Waals surface area contributed by atoms with Crippen LogP contribution >= 0.6 is 28.3 Å². The van der Waals surface area contributed by atoms with Gasteiger partial charge in [0.05, 0.1) is 18.1 Å². The molecule has 1 aliphatic rings. The Bertz CT molecular complexity index is 557. The van der Waals surface area contributed by atoms with Gasteiger partial charge in [0.2, 0.25) is 0 Å². The number of nitrogens with zero attached hydrogens (tertiary/aromatic N) is 3. The van der Waals surface area contributed by atoms with Gasteiger partial charge in [0.1, 0.15) is 5.82 Å². The molecule has 0 aliphatic carbocycles. The van der Waals surface area contributed by atoms with E-state index in [2.05, 4.69) is 26.3 Å². The number of anilines is 2. The summed E-state index contributed by atoms with van der Waals surface area (Å²) in [7, 11) is 1.88. The summed E-state index contributed by atoms with van der Waals surface area (Å²) in [6.07, 6.45) is 3.76. The monoisotopic (exact) mass is 356 g/mol. The Kier molecular flexibility index (Phi) is 5.33. The Hall–Kier alpha value is -1.18. The molecular formula is C13H17BrN4OS. The van der Waals surface area contributed by atoms with Crippen molar-refractivity contribution in [1.29, 1.82) is 0 Å². The van der Waals surface area contributed by atoms with E-state index in [0.717, 1.165) is 47.7 Å². The van der Waals surface area contributed by atoms with Crippen LogP contribution in [0.2, 0.25) is 0 Å². The lowest BCUT2D eigenvalue weighted by atomic mass is 10.2. The Balaban J connectivity index is 0.00000147. The summed E-state index contributed by atoms with van der Waals surface area (Å²) in [5, 5.41) is 3.99. The third-order valence-electron chi connectivity index (χ3n) is 3.08. The standard InChI is InChI=1S/C13H16N4OS.BrH/c1-14-13-16-9-11(19-13)10-2-3-15-12(8-10)17-4-6-18-7-5-17;/h2-3,8-9H,4-7H2,1H3,(H,14,16);1H. The van der Waals surface area contributed by atoms with Crippen molar-refractivity contribution in [2.24, 2.45) is 0 Å². The summed E-state index contributed by atoms with van der Waals surface area (Å²) in [6.45, 7) is 3.36. The largest absolute Gasteiger partial charge is 0.378 e. The predicted molar refractivity (Wildman–Crippen MR) is 88.2 cm³/mol. The summed E-state index contributed by atoms with van der Waals surface area (Å²) in [5.74, 6) is 1.01. The zero-order chi connectivity index (χ0) is 13.1. The van der Waals surface area contributed by atoms with Crippen molar-refractivity contribution in [2.75, 3.05) is 43.6 Å². The maximum Gasteiger partial charge on any atom is 0.182 e. The highest BCUT2D eigenvalue weighted by molar-refractivity contribution is 8.93. The summed E-state index contributed by atoms with van der Waals surface area (Å²) < 4.78 is 5.37. The number of morpholine rings is 1. The molecule has 2 aromatic heterocycles. The molecule has 0 amide bonds. The zero-order valence-electron chi connectivity index (χ0n) is 11.2. The van der Waals surface area contributed by atoms with Gasteiger partial charge in [-0.15, -0.1) is 17.0 Å². The quantitative estimate of drug-likeness (QED) is 0.915. The number of hydrogen-bond acceptors (Lipinski definition) is 6. The molecule has 7 heteroatoms. The van der Waals surface area contributed by atoms with Crippen LogP contribution in [0.3, 0.4) is 0 Å². The van der Waals surface area contributed by atoms with Crippen molar-refractivity contribution in [2.45, 2.75) is 0 Å². The highest BCUT2D eigenvalue weighted by atomic mass is 79.9. The molecule has 1 fully saturated rings. The molecule has 0 aromatic carbocycles. The number of ether oxygens (including phenoxy) is 1. The predicted octanol–water partition coefficient (Wildman–Crippen LogP) is 2.66. The smallest absolute Gasteiger partial charge is 0.182 e. The van der Waals surface area contributed by atoms with Gasteiger partial charge in [-0.2, -0.15) is 0 Å². The van der Waals surface area contributed by atoms with E-state index in [-0.39, 0.29) is 17.0 Å². The van der Waals surface area contributed by atoms with E-state index in [1.807, 2.05) is 25.5 Å². The first-order chi connectivity index (χ1) is 9.36. The SMILES string of the molecule is Br.CNc1ncc(-c2ccnc(N3CCOCC3)c2)s1. The van der Waals surface area contributed by atoms with Crippen molar-refractivity contribution >= 4 is 39.3 Å². The van der Waals surface area contributed by atoms with E-state index < -0.39 is 0 Å². The number of rotatable bonds is 3. The van der Waals surface area contributed by atoms with Gasteiger partial charge >= 0.3 is 0 Å². The summed E-state index contributed by atoms with van der Waals surface area (Å²) in [5.41, 5.74) is 1.16. The van der Waals surface area contributed by atoms with E-state index in [4.69, 9.17) is 4.74 Å². The molecule has 0 spiro atoms. The average molecular weight is 357 g/mol.